The van der Waals surface area contributed by atoms with Gasteiger partial charge in [0.15, 0.2) is 0 Å². The van der Waals surface area contributed by atoms with E-state index in [-0.39, 0.29) is 36.9 Å². The molecule has 0 saturated carbocycles. The van der Waals surface area contributed by atoms with Crippen molar-refractivity contribution in [3.63, 3.8) is 0 Å². The molecule has 1 N–H and O–H groups in total. The zero-order valence-electron chi connectivity index (χ0n) is 13.2. The topological polar surface area (TPSA) is 29.1 Å². The van der Waals surface area contributed by atoms with Crippen LogP contribution < -0.4 is 34.9 Å². The molecule has 0 spiro atoms. The monoisotopic (exact) mass is 251 g/mol. The van der Waals surface area contributed by atoms with Crippen molar-refractivity contribution in [3.8, 4) is 0 Å². The first-order chi connectivity index (χ1) is 7.81. The van der Waals surface area contributed by atoms with Gasteiger partial charge in [0.2, 0.25) is 5.91 Å². The number of rotatable bonds is 11. The van der Waals surface area contributed by atoms with Crippen molar-refractivity contribution in [2.75, 3.05) is 6.54 Å². The summed E-state index contributed by atoms with van der Waals surface area (Å²) < 4.78 is 0. The van der Waals surface area contributed by atoms with Crippen LogP contribution in [-0.4, -0.2) is 12.5 Å². The zero-order chi connectivity index (χ0) is 12.1. The van der Waals surface area contributed by atoms with E-state index in [4.69, 9.17) is 0 Å². The van der Waals surface area contributed by atoms with Crippen molar-refractivity contribution in [2.45, 2.75) is 78.1 Å². The van der Waals surface area contributed by atoms with Crippen LogP contribution >= 0.6 is 0 Å². The predicted molar refractivity (Wildman–Crippen MR) is 71.6 cm³/mol. The van der Waals surface area contributed by atoms with Gasteiger partial charge in [0.25, 0.3) is 0 Å². The minimum absolute atomic E-state index is 0. The first-order valence-electron chi connectivity index (χ1n) is 7.08. The van der Waals surface area contributed by atoms with Gasteiger partial charge < -0.3 is 6.74 Å². The van der Waals surface area contributed by atoms with Crippen molar-refractivity contribution in [1.82, 2.24) is 5.32 Å². The number of amides is 1. The van der Waals surface area contributed by atoms with E-state index in [1.165, 1.54) is 51.4 Å². The van der Waals surface area contributed by atoms with Crippen molar-refractivity contribution in [3.05, 3.63) is 0 Å². The summed E-state index contributed by atoms with van der Waals surface area (Å²) in [4.78, 5) is 11.1. The molecular weight excluding hydrogens is 221 g/mol. The van der Waals surface area contributed by atoms with Crippen molar-refractivity contribution in [1.29, 1.82) is 0 Å². The first-order valence-corrected chi connectivity index (χ1v) is 7.08. The fraction of sp³-hybridized carbons (Fsp3) is 0.929. The Labute approximate surface area is 131 Å². The van der Waals surface area contributed by atoms with Crippen molar-refractivity contribution in [2.24, 2.45) is 0 Å². The molecule has 0 bridgehead atoms. The Morgan fingerprint density at radius 3 is 1.82 bits per heavy atom. The molecule has 0 rings (SSSR count). The van der Waals surface area contributed by atoms with E-state index in [1.807, 2.05) is 6.92 Å². The molecule has 0 unspecified atom stereocenters. The molecule has 0 aliphatic carbocycles. The summed E-state index contributed by atoms with van der Waals surface area (Å²) in [7, 11) is 0. The molecule has 0 radical (unpaired) electrons. The number of carbonyl (C=O) groups excluding carboxylic acids is 1. The number of nitrogens with one attached hydrogen (secondary N) is 1. The summed E-state index contributed by atoms with van der Waals surface area (Å²) in [6.45, 7) is 4.98. The summed E-state index contributed by atoms with van der Waals surface area (Å²) in [5.74, 6) is 0.213. The third-order valence-corrected chi connectivity index (χ3v) is 2.88. The number of hydrogen-bond acceptors (Lipinski definition) is 1. The van der Waals surface area contributed by atoms with Crippen LogP contribution in [0.1, 0.15) is 79.5 Å². The molecule has 0 aliphatic rings. The molecule has 0 saturated heterocycles. The fourth-order valence-electron chi connectivity index (χ4n) is 1.88. The Balaban J connectivity index is -0.00000112. The van der Waals surface area contributed by atoms with Crippen LogP contribution in [-0.2, 0) is 4.79 Å². The zero-order valence-corrected chi connectivity index (χ0v) is 14.2. The minimum atomic E-state index is 0. The summed E-state index contributed by atoms with van der Waals surface area (Å²) in [5.41, 5.74) is 0. The van der Waals surface area contributed by atoms with Crippen LogP contribution in [0.4, 0.5) is 0 Å². The summed E-state index contributed by atoms with van der Waals surface area (Å²) >= 11 is 0. The second kappa shape index (κ2) is 16.5. The van der Waals surface area contributed by atoms with Gasteiger partial charge in [-0.15, -0.1) is 0 Å². The van der Waals surface area contributed by atoms with Crippen LogP contribution in [0.2, 0.25) is 0 Å². The van der Waals surface area contributed by atoms with Gasteiger partial charge in [-0.25, -0.2) is 0 Å². The normalized spacial score (nSPS) is 9.76. The van der Waals surface area contributed by atoms with Gasteiger partial charge in [0, 0.05) is 13.0 Å². The van der Waals surface area contributed by atoms with Gasteiger partial charge in [0.05, 0.1) is 0 Å². The third-order valence-electron chi connectivity index (χ3n) is 2.88. The molecule has 2 nitrogen and oxygen atoms in total. The van der Waals surface area contributed by atoms with Gasteiger partial charge in [0.1, 0.15) is 0 Å². The second-order valence-corrected chi connectivity index (χ2v) is 4.53. The molecule has 17 heavy (non-hydrogen) atoms. The van der Waals surface area contributed by atoms with E-state index < -0.39 is 0 Å². The van der Waals surface area contributed by atoms with Crippen LogP contribution in [0.5, 0.6) is 0 Å². The second-order valence-electron chi connectivity index (χ2n) is 4.53. The Morgan fingerprint density at radius 2 is 1.35 bits per heavy atom. The summed E-state index contributed by atoms with van der Waals surface area (Å²) in [6.07, 6.45) is 12.5. The Hall–Kier alpha value is 0.470. The molecule has 0 fully saturated rings. The molecule has 0 atom stereocenters. The van der Waals surface area contributed by atoms with Crippen LogP contribution in [0.25, 0.3) is 0 Å². The minimum Gasteiger partial charge on any atom is -1.00 e. The van der Waals surface area contributed by atoms with Gasteiger partial charge in [-0.05, 0) is 13.3 Å². The van der Waals surface area contributed by atoms with Gasteiger partial charge in [-0.1, -0.05) is 58.3 Å². The smallest absolute Gasteiger partial charge is 1.00 e. The first kappa shape index (κ1) is 19.8. The number of unbranched alkanes of at least 4 members (excludes halogenated alkanes) is 8. The molecule has 98 valence electrons. The standard InChI is InChI=1S/C14H29NO.Na.H/c1-3-5-6-7-8-9-10-11-12-13-14(16)15-4-2;;/h3-13H2,1-2H3,(H,15,16);;/q;+1;-1. The maximum absolute atomic E-state index is 11.1. The SMILES string of the molecule is CCCCCCCCCCCC(=O)NCC.[H-].[Na+]. The van der Waals surface area contributed by atoms with Gasteiger partial charge in [-0.3, -0.25) is 4.79 Å². The summed E-state index contributed by atoms with van der Waals surface area (Å²) in [5, 5.41) is 2.83. The van der Waals surface area contributed by atoms with Crippen LogP contribution in [0.15, 0.2) is 0 Å². The van der Waals surface area contributed by atoms with E-state index in [1.54, 1.807) is 0 Å². The Bertz CT molecular complexity index is 168. The predicted octanol–water partition coefficient (Wildman–Crippen LogP) is 1.16. The van der Waals surface area contributed by atoms with E-state index in [0.717, 1.165) is 13.0 Å². The van der Waals surface area contributed by atoms with Gasteiger partial charge in [-0.2, -0.15) is 0 Å². The Kier molecular flexibility index (Phi) is 19.2. The average molecular weight is 251 g/mol. The quantitative estimate of drug-likeness (QED) is 0.433. The van der Waals surface area contributed by atoms with E-state index >= 15 is 0 Å². The van der Waals surface area contributed by atoms with E-state index in [2.05, 4.69) is 12.2 Å². The maximum Gasteiger partial charge on any atom is 1.00 e. The fourth-order valence-corrected chi connectivity index (χ4v) is 1.88. The third kappa shape index (κ3) is 16.5. The molecule has 1 amide bonds. The maximum atomic E-state index is 11.1. The van der Waals surface area contributed by atoms with E-state index in [0.29, 0.717) is 6.42 Å². The van der Waals surface area contributed by atoms with Crippen molar-refractivity contribution >= 4 is 5.91 Å². The van der Waals surface area contributed by atoms with E-state index in [9.17, 15) is 4.79 Å². The largest absolute Gasteiger partial charge is 1.00 e. The molecular formula is C14H30NNaO. The molecule has 3 heteroatoms. The molecule has 0 heterocycles. The van der Waals surface area contributed by atoms with Gasteiger partial charge >= 0.3 is 29.6 Å². The van der Waals surface area contributed by atoms with Crippen LogP contribution in [0, 0.1) is 0 Å². The molecule has 0 aromatic heterocycles. The molecule has 0 aromatic rings. The summed E-state index contributed by atoms with van der Waals surface area (Å²) in [6, 6.07) is 0. The van der Waals surface area contributed by atoms with Crippen LogP contribution in [0.3, 0.4) is 0 Å². The number of hydrogen-bond donors (Lipinski definition) is 1. The average Bonchev–Trinajstić information content (AvgIpc) is 2.27. The Morgan fingerprint density at radius 1 is 0.882 bits per heavy atom. The molecule has 0 aliphatic heterocycles. The van der Waals surface area contributed by atoms with Crippen molar-refractivity contribution < 1.29 is 35.8 Å². The molecule has 0 aromatic carbocycles. The number of carbonyl (C=O) groups is 1.